The van der Waals surface area contributed by atoms with Gasteiger partial charge in [0, 0.05) is 17.3 Å². The minimum absolute atomic E-state index is 0.0887. The Bertz CT molecular complexity index is 587. The Morgan fingerprint density at radius 3 is 2.56 bits per heavy atom. The van der Waals surface area contributed by atoms with E-state index in [4.69, 9.17) is 16.7 Å². The van der Waals surface area contributed by atoms with Crippen LogP contribution in [0.15, 0.2) is 40.6 Å². The highest BCUT2D eigenvalue weighted by molar-refractivity contribution is 7.99. The average Bonchev–Trinajstić information content (AvgIpc) is 2.32. The summed E-state index contributed by atoms with van der Waals surface area (Å²) in [5.41, 5.74) is 1.07. The van der Waals surface area contributed by atoms with Crippen LogP contribution >= 0.6 is 23.4 Å². The van der Waals surface area contributed by atoms with Crippen LogP contribution in [0.3, 0.4) is 0 Å². The lowest BCUT2D eigenvalue weighted by atomic mass is 10.2. The monoisotopic (exact) mass is 280 g/mol. The Morgan fingerprint density at radius 1 is 1.33 bits per heavy atom. The second-order valence-corrected chi connectivity index (χ2v) is 5.04. The van der Waals surface area contributed by atoms with Gasteiger partial charge in [0.25, 0.3) is 0 Å². The third-order valence-corrected chi connectivity index (χ3v) is 3.33. The average molecular weight is 281 g/mol. The van der Waals surface area contributed by atoms with E-state index in [1.807, 2.05) is 6.92 Å². The van der Waals surface area contributed by atoms with Gasteiger partial charge in [0.15, 0.2) is 5.16 Å². The van der Waals surface area contributed by atoms with Gasteiger partial charge in [-0.15, -0.1) is 0 Å². The van der Waals surface area contributed by atoms with E-state index >= 15 is 0 Å². The number of aryl methyl sites for hydroxylation is 1. The van der Waals surface area contributed by atoms with Gasteiger partial charge in [-0.3, -0.25) is 0 Å². The summed E-state index contributed by atoms with van der Waals surface area (Å²) in [6.07, 6.45) is 3.45. The highest BCUT2D eigenvalue weighted by Gasteiger charge is 2.10. The molecule has 0 spiro atoms. The number of carbonyl (C=O) groups is 1. The second-order valence-electron chi connectivity index (χ2n) is 3.59. The van der Waals surface area contributed by atoms with Gasteiger partial charge in [-0.2, -0.15) is 0 Å². The molecule has 4 nitrogen and oxygen atoms in total. The van der Waals surface area contributed by atoms with Crippen molar-refractivity contribution in [3.05, 3.63) is 46.7 Å². The number of hydrogen-bond donors (Lipinski definition) is 1. The first kappa shape index (κ1) is 12.9. The van der Waals surface area contributed by atoms with Gasteiger partial charge in [0.05, 0.1) is 10.6 Å². The summed E-state index contributed by atoms with van der Waals surface area (Å²) in [5.74, 6) is -1.04. The van der Waals surface area contributed by atoms with Crippen molar-refractivity contribution in [2.75, 3.05) is 0 Å². The molecule has 0 saturated heterocycles. The molecule has 1 heterocycles. The Labute approximate surface area is 113 Å². The van der Waals surface area contributed by atoms with Crippen LogP contribution in [-0.4, -0.2) is 21.0 Å². The lowest BCUT2D eigenvalue weighted by molar-refractivity contribution is 0.0697. The van der Waals surface area contributed by atoms with Crippen LogP contribution in [0.2, 0.25) is 5.02 Å². The van der Waals surface area contributed by atoms with Crippen LogP contribution < -0.4 is 0 Å². The summed E-state index contributed by atoms with van der Waals surface area (Å²) in [6.45, 7) is 1.91. The molecular weight excluding hydrogens is 272 g/mol. The first-order chi connectivity index (χ1) is 8.56. The van der Waals surface area contributed by atoms with Gasteiger partial charge in [-0.1, -0.05) is 11.6 Å². The van der Waals surface area contributed by atoms with Gasteiger partial charge in [0.1, 0.15) is 0 Å². The Hall–Kier alpha value is -1.59. The number of halogens is 1. The van der Waals surface area contributed by atoms with Crippen LogP contribution in [0.5, 0.6) is 0 Å². The van der Waals surface area contributed by atoms with E-state index in [-0.39, 0.29) is 10.6 Å². The van der Waals surface area contributed by atoms with Crippen molar-refractivity contribution in [2.45, 2.75) is 17.0 Å². The number of benzene rings is 1. The van der Waals surface area contributed by atoms with Gasteiger partial charge in [-0.25, -0.2) is 14.8 Å². The zero-order chi connectivity index (χ0) is 13.1. The molecule has 92 valence electrons. The van der Waals surface area contributed by atoms with E-state index in [1.54, 1.807) is 24.5 Å². The Morgan fingerprint density at radius 2 is 2.00 bits per heavy atom. The molecule has 1 N–H and O–H groups in total. The second kappa shape index (κ2) is 5.37. The standard InChI is InChI=1S/C12H9ClN2O2S/c1-7-5-14-12(15-6-7)18-8-2-3-9(11(16)17)10(13)4-8/h2-6H,1H3,(H,16,17). The fourth-order valence-corrected chi connectivity index (χ4v) is 2.33. The van der Waals surface area contributed by atoms with Gasteiger partial charge in [0.2, 0.25) is 0 Å². The fraction of sp³-hybridized carbons (Fsp3) is 0.0833. The summed E-state index contributed by atoms with van der Waals surface area (Å²) in [7, 11) is 0. The first-order valence-electron chi connectivity index (χ1n) is 5.05. The van der Waals surface area contributed by atoms with Crippen molar-refractivity contribution >= 4 is 29.3 Å². The molecule has 0 unspecified atom stereocenters. The maximum atomic E-state index is 10.8. The summed E-state index contributed by atoms with van der Waals surface area (Å²) in [6, 6.07) is 4.75. The molecule has 1 aromatic carbocycles. The normalized spacial score (nSPS) is 10.3. The number of hydrogen-bond acceptors (Lipinski definition) is 4. The molecule has 18 heavy (non-hydrogen) atoms. The lowest BCUT2D eigenvalue weighted by Gasteiger charge is -2.03. The fourth-order valence-electron chi connectivity index (χ4n) is 1.27. The van der Waals surface area contributed by atoms with Gasteiger partial charge < -0.3 is 5.11 Å². The molecule has 0 saturated carbocycles. The molecule has 0 fully saturated rings. The van der Waals surface area contributed by atoms with Crippen LogP contribution in [-0.2, 0) is 0 Å². The van der Waals surface area contributed by atoms with E-state index < -0.39 is 5.97 Å². The maximum absolute atomic E-state index is 10.8. The van der Waals surface area contributed by atoms with Crippen molar-refractivity contribution in [3.8, 4) is 0 Å². The topological polar surface area (TPSA) is 63.1 Å². The van der Waals surface area contributed by atoms with Crippen LogP contribution in [0, 0.1) is 6.92 Å². The molecule has 0 aliphatic heterocycles. The third kappa shape index (κ3) is 3.00. The van der Waals surface area contributed by atoms with Gasteiger partial charge >= 0.3 is 5.97 Å². The minimum atomic E-state index is -1.04. The van der Waals surface area contributed by atoms with Crippen molar-refractivity contribution in [2.24, 2.45) is 0 Å². The molecule has 0 atom stereocenters. The molecule has 2 rings (SSSR count). The van der Waals surface area contributed by atoms with E-state index in [1.165, 1.54) is 17.8 Å². The van der Waals surface area contributed by atoms with E-state index in [9.17, 15) is 4.79 Å². The van der Waals surface area contributed by atoms with E-state index in [2.05, 4.69) is 9.97 Å². The predicted molar refractivity (Wildman–Crippen MR) is 69.3 cm³/mol. The first-order valence-corrected chi connectivity index (χ1v) is 6.25. The molecular formula is C12H9ClN2O2S. The van der Waals surface area contributed by atoms with Crippen molar-refractivity contribution < 1.29 is 9.90 Å². The summed E-state index contributed by atoms with van der Waals surface area (Å²) >= 11 is 7.21. The number of nitrogens with zero attached hydrogens (tertiary/aromatic N) is 2. The maximum Gasteiger partial charge on any atom is 0.337 e. The van der Waals surface area contributed by atoms with Crippen LogP contribution in [0.25, 0.3) is 0 Å². The summed E-state index contributed by atoms with van der Waals surface area (Å²) < 4.78 is 0. The zero-order valence-electron chi connectivity index (χ0n) is 9.42. The number of aromatic nitrogens is 2. The lowest BCUT2D eigenvalue weighted by Crippen LogP contribution is -1.97. The molecule has 0 aliphatic rings. The quantitative estimate of drug-likeness (QED) is 0.874. The van der Waals surface area contributed by atoms with Crippen LogP contribution in [0.4, 0.5) is 0 Å². The molecule has 0 radical (unpaired) electrons. The SMILES string of the molecule is Cc1cnc(Sc2ccc(C(=O)O)c(Cl)c2)nc1. The smallest absolute Gasteiger partial charge is 0.337 e. The number of rotatable bonds is 3. The van der Waals surface area contributed by atoms with E-state index in [0.717, 1.165) is 10.5 Å². The number of carboxylic acids is 1. The third-order valence-electron chi connectivity index (χ3n) is 2.14. The number of aromatic carboxylic acids is 1. The minimum Gasteiger partial charge on any atom is -0.478 e. The Balaban J connectivity index is 2.22. The molecule has 0 aliphatic carbocycles. The predicted octanol–water partition coefficient (Wildman–Crippen LogP) is 3.29. The van der Waals surface area contributed by atoms with E-state index in [0.29, 0.717) is 5.16 Å². The summed E-state index contributed by atoms with van der Waals surface area (Å²) in [4.78, 5) is 19.9. The highest BCUT2D eigenvalue weighted by atomic mass is 35.5. The molecule has 2 aromatic rings. The molecule has 0 bridgehead atoms. The van der Waals surface area contributed by atoms with Gasteiger partial charge in [-0.05, 0) is 42.4 Å². The largest absolute Gasteiger partial charge is 0.478 e. The highest BCUT2D eigenvalue weighted by Crippen LogP contribution is 2.28. The van der Waals surface area contributed by atoms with Crippen molar-refractivity contribution in [1.82, 2.24) is 9.97 Å². The molecule has 0 amide bonds. The van der Waals surface area contributed by atoms with Crippen LogP contribution in [0.1, 0.15) is 15.9 Å². The number of carboxylic acid groups (broad SMARTS) is 1. The molecule has 6 heteroatoms. The molecule has 1 aromatic heterocycles. The Kier molecular flexibility index (Phi) is 3.84. The summed E-state index contributed by atoms with van der Waals surface area (Å²) in [5, 5.41) is 9.67. The zero-order valence-corrected chi connectivity index (χ0v) is 11.0. The van der Waals surface area contributed by atoms with Crippen molar-refractivity contribution in [1.29, 1.82) is 0 Å². The van der Waals surface area contributed by atoms with Crippen molar-refractivity contribution in [3.63, 3.8) is 0 Å².